The molecule has 0 aliphatic rings. The third kappa shape index (κ3) is 12.0. The molecule has 14 heteroatoms. The summed E-state index contributed by atoms with van der Waals surface area (Å²) in [4.78, 5) is 0. The van der Waals surface area contributed by atoms with Crippen LogP contribution < -0.4 is 21.3 Å². The molecule has 0 bridgehead atoms. The van der Waals surface area contributed by atoms with Crippen LogP contribution in [0.1, 0.15) is 0 Å². The molecule has 0 saturated heterocycles. The molecule has 0 saturated carbocycles. The Kier molecular flexibility index (Phi) is 11.5. The third-order valence-electron chi connectivity index (χ3n) is 5.94. The summed E-state index contributed by atoms with van der Waals surface area (Å²) in [5.74, 6) is 0.847. The molecule has 224 valence electrons. The lowest BCUT2D eigenvalue weighted by atomic mass is 10.3. The molecule has 0 unspecified atom stereocenters. The van der Waals surface area contributed by atoms with Crippen molar-refractivity contribution in [2.75, 3.05) is 46.4 Å². The lowest BCUT2D eigenvalue weighted by Gasteiger charge is -2.30. The second-order valence-electron chi connectivity index (χ2n) is 9.32. The van der Waals surface area contributed by atoms with Crippen LogP contribution in [0.2, 0.25) is 0 Å². The molecule has 0 amide bonds. The molecule has 10 N–H and O–H groups in total. The predicted octanol–water partition coefficient (Wildman–Crippen LogP) is 5.45. The van der Waals surface area contributed by atoms with Crippen molar-refractivity contribution in [3.05, 3.63) is 97.1 Å². The topological polar surface area (TPSA) is 204 Å². The summed E-state index contributed by atoms with van der Waals surface area (Å²) >= 11 is 0. The molecule has 0 fully saturated rings. The number of phenolic OH excluding ortho intramolecular Hbond substituents is 4. The van der Waals surface area contributed by atoms with Gasteiger partial charge < -0.3 is 41.7 Å². The van der Waals surface area contributed by atoms with Gasteiger partial charge in [-0.05, 0) is 97.1 Å². The van der Waals surface area contributed by atoms with E-state index in [9.17, 15) is 20.4 Å². The molecule has 12 nitrogen and oxygen atoms in total. The normalized spacial score (nSPS) is 11.1. The quantitative estimate of drug-likeness (QED) is 0.0548. The number of aromatic hydroxyl groups is 4. The van der Waals surface area contributed by atoms with Crippen LogP contribution in [0, 0.1) is 0 Å². The van der Waals surface area contributed by atoms with E-state index in [1.807, 2.05) is 48.5 Å². The van der Waals surface area contributed by atoms with Gasteiger partial charge in [-0.3, -0.25) is 9.11 Å². The van der Waals surface area contributed by atoms with Crippen molar-refractivity contribution >= 4 is 40.4 Å². The Bertz CT molecular complexity index is 1280. The van der Waals surface area contributed by atoms with E-state index >= 15 is 0 Å². The summed E-state index contributed by atoms with van der Waals surface area (Å²) in [5.41, 5.74) is 3.62. The first-order valence-corrected chi connectivity index (χ1v) is 16.5. The molecule has 0 aliphatic heterocycles. The van der Waals surface area contributed by atoms with E-state index in [1.54, 1.807) is 48.5 Å². The van der Waals surface area contributed by atoms with Crippen molar-refractivity contribution in [2.24, 2.45) is 0 Å². The largest absolute Gasteiger partial charge is 0.508 e. The number of rotatable bonds is 12. The van der Waals surface area contributed by atoms with E-state index in [2.05, 4.69) is 21.3 Å². The molecule has 0 heterocycles. The first-order chi connectivity index (χ1) is 19.9. The van der Waals surface area contributed by atoms with E-state index < -0.39 is 17.7 Å². The highest BCUT2D eigenvalue weighted by molar-refractivity contribution is 7.79. The Labute approximate surface area is 244 Å². The number of phenols is 4. The fourth-order valence-corrected chi connectivity index (χ4v) is 6.43. The highest BCUT2D eigenvalue weighted by Crippen LogP contribution is 2.57. The summed E-state index contributed by atoms with van der Waals surface area (Å²) in [5, 5.41) is 52.9. The molecule has 0 spiro atoms. The molecular formula is C28H34N4O8PS+. The van der Waals surface area contributed by atoms with Gasteiger partial charge in [0.15, 0.2) is 0 Å². The Morgan fingerprint density at radius 2 is 0.595 bits per heavy atom. The van der Waals surface area contributed by atoms with Crippen LogP contribution >= 0.6 is 7.26 Å². The van der Waals surface area contributed by atoms with Crippen LogP contribution in [0.15, 0.2) is 97.1 Å². The van der Waals surface area contributed by atoms with Crippen molar-refractivity contribution in [3.8, 4) is 23.0 Å². The van der Waals surface area contributed by atoms with Crippen LogP contribution in [0.4, 0.5) is 22.7 Å². The fourth-order valence-electron chi connectivity index (χ4n) is 3.69. The number of hydrogen-bond acceptors (Lipinski definition) is 10. The van der Waals surface area contributed by atoms with Gasteiger partial charge in [0.25, 0.3) is 0 Å². The summed E-state index contributed by atoms with van der Waals surface area (Å²) in [6.45, 7) is 0. The van der Waals surface area contributed by atoms with Crippen molar-refractivity contribution in [3.63, 3.8) is 0 Å². The van der Waals surface area contributed by atoms with Gasteiger partial charge in [0, 0.05) is 22.7 Å². The first kappa shape index (κ1) is 32.1. The average molecular weight is 618 g/mol. The summed E-state index contributed by atoms with van der Waals surface area (Å²) in [6, 6.07) is 28.0. The predicted molar refractivity (Wildman–Crippen MR) is 167 cm³/mol. The van der Waals surface area contributed by atoms with Gasteiger partial charge in [0.1, 0.15) is 48.1 Å². The van der Waals surface area contributed by atoms with Gasteiger partial charge in [-0.15, -0.1) is 0 Å². The molecule has 4 rings (SSSR count). The van der Waals surface area contributed by atoms with Crippen molar-refractivity contribution in [2.45, 2.75) is 0 Å². The zero-order valence-electron chi connectivity index (χ0n) is 22.4. The summed E-state index contributed by atoms with van der Waals surface area (Å²) in [6.07, 6.45) is 2.72. The zero-order chi connectivity index (χ0) is 30.6. The zero-order valence-corrected chi connectivity index (χ0v) is 24.1. The molecule has 0 atom stereocenters. The van der Waals surface area contributed by atoms with Crippen LogP contribution in [0.5, 0.6) is 23.0 Å². The minimum atomic E-state index is -4.67. The highest BCUT2D eigenvalue weighted by atomic mass is 32.3. The van der Waals surface area contributed by atoms with Gasteiger partial charge in [-0.1, -0.05) is 0 Å². The lowest BCUT2D eigenvalue weighted by molar-refractivity contribution is 0.381. The van der Waals surface area contributed by atoms with E-state index in [-0.39, 0.29) is 23.0 Å². The van der Waals surface area contributed by atoms with Crippen molar-refractivity contribution < 1.29 is 37.9 Å². The number of hydrogen-bond donors (Lipinski definition) is 10. The number of anilines is 4. The van der Waals surface area contributed by atoms with Crippen molar-refractivity contribution in [1.29, 1.82) is 0 Å². The number of benzene rings is 4. The summed E-state index contributed by atoms with van der Waals surface area (Å²) in [7, 11) is -6.57. The van der Waals surface area contributed by atoms with E-state index in [4.69, 9.17) is 17.5 Å². The SMILES string of the molecule is O=S(=O)(O)O.Oc1ccc(NC[P+](CNc2ccc(O)cc2)(CNc2ccc(O)cc2)CNc2ccc(O)cc2)cc1. The lowest BCUT2D eigenvalue weighted by Crippen LogP contribution is -2.27. The van der Waals surface area contributed by atoms with Gasteiger partial charge in [0.05, 0.1) is 7.26 Å². The second-order valence-corrected chi connectivity index (χ2v) is 14.2. The van der Waals surface area contributed by atoms with E-state index in [0.717, 1.165) is 22.7 Å². The average Bonchev–Trinajstić information content (AvgIpc) is 2.95. The maximum atomic E-state index is 9.67. The molecule has 0 aromatic heterocycles. The molecule has 0 radical (unpaired) electrons. The van der Waals surface area contributed by atoms with Gasteiger partial charge in [-0.25, -0.2) is 0 Å². The van der Waals surface area contributed by atoms with Gasteiger partial charge in [-0.2, -0.15) is 8.42 Å². The molecule has 4 aromatic carbocycles. The Balaban J connectivity index is 0.000000892. The molecule has 0 aliphatic carbocycles. The number of nitrogens with one attached hydrogen (secondary N) is 4. The summed E-state index contributed by atoms with van der Waals surface area (Å²) < 4.78 is 31.6. The monoisotopic (exact) mass is 617 g/mol. The van der Waals surface area contributed by atoms with E-state index in [1.165, 1.54) is 0 Å². The second kappa shape index (κ2) is 15.0. The minimum absolute atomic E-state index is 0.212. The fraction of sp³-hybridized carbons (Fsp3) is 0.143. The van der Waals surface area contributed by atoms with Crippen LogP contribution in [0.3, 0.4) is 0 Å². The van der Waals surface area contributed by atoms with Crippen LogP contribution in [-0.4, -0.2) is 63.1 Å². The Morgan fingerprint density at radius 3 is 0.762 bits per heavy atom. The minimum Gasteiger partial charge on any atom is -0.508 e. The third-order valence-corrected chi connectivity index (χ3v) is 9.26. The maximum absolute atomic E-state index is 9.67. The highest BCUT2D eigenvalue weighted by Gasteiger charge is 2.38. The Hall–Kier alpha value is -4.42. The first-order valence-electron chi connectivity index (χ1n) is 12.6. The van der Waals surface area contributed by atoms with Gasteiger partial charge >= 0.3 is 10.4 Å². The van der Waals surface area contributed by atoms with E-state index in [0.29, 0.717) is 25.1 Å². The molecular weight excluding hydrogens is 583 g/mol. The van der Waals surface area contributed by atoms with Crippen LogP contribution in [-0.2, 0) is 10.4 Å². The molecule has 4 aromatic rings. The van der Waals surface area contributed by atoms with Crippen molar-refractivity contribution in [1.82, 2.24) is 0 Å². The maximum Gasteiger partial charge on any atom is 0.394 e. The smallest absolute Gasteiger partial charge is 0.394 e. The molecule has 42 heavy (non-hydrogen) atoms. The van der Waals surface area contributed by atoms with Gasteiger partial charge in [0.2, 0.25) is 0 Å². The Morgan fingerprint density at radius 1 is 0.429 bits per heavy atom. The standard InChI is InChI=1S/C28H31N4O4P.H2O4S/c33-25-9-1-21(2-10-25)29-17-37(18-30-22-3-11-26(34)12-4-22,19-31-23-5-13-27(35)14-6-23)20-32-24-7-15-28(36)16-8-24;1-5(2,3)4/h1-16,29-32H,17-20H2,(H3-,33,34,35,36);(H2,1,2,3,4)/p+1. The van der Waals surface area contributed by atoms with Crippen LogP contribution in [0.25, 0.3) is 0 Å².